The minimum Gasteiger partial charge on any atom is -0.456 e. The predicted molar refractivity (Wildman–Crippen MR) is 85.5 cm³/mol. The van der Waals surface area contributed by atoms with Crippen LogP contribution < -0.4 is 10.1 Å². The van der Waals surface area contributed by atoms with E-state index >= 15 is 0 Å². The molecule has 0 aliphatic heterocycles. The topological polar surface area (TPSA) is 21.3 Å². The summed E-state index contributed by atoms with van der Waals surface area (Å²) in [5.74, 6) is 1.65. The van der Waals surface area contributed by atoms with Gasteiger partial charge in [0.15, 0.2) is 0 Å². The summed E-state index contributed by atoms with van der Waals surface area (Å²) in [7, 11) is 0. The van der Waals surface area contributed by atoms with Gasteiger partial charge in [0.25, 0.3) is 0 Å². The number of nitrogens with one attached hydrogen (secondary N) is 1. The van der Waals surface area contributed by atoms with Gasteiger partial charge >= 0.3 is 0 Å². The first-order chi connectivity index (χ1) is 9.72. The third-order valence-electron chi connectivity index (χ3n) is 3.24. The molecule has 0 atom stereocenters. The number of para-hydroxylation sites is 1. The van der Waals surface area contributed by atoms with E-state index in [1.54, 1.807) is 0 Å². The molecule has 1 saturated carbocycles. The minimum absolute atomic E-state index is 0.685. The normalized spacial score (nSPS) is 14.3. The predicted octanol–water partition coefficient (Wildman–Crippen LogP) is 5.15. The zero-order chi connectivity index (χ0) is 13.9. The van der Waals surface area contributed by atoms with Gasteiger partial charge in [0, 0.05) is 23.2 Å². The number of benzene rings is 2. The molecule has 0 aromatic heterocycles. The van der Waals surface area contributed by atoms with Crippen molar-refractivity contribution in [1.82, 2.24) is 5.32 Å². The average molecular weight is 353 g/mol. The second kappa shape index (κ2) is 6.17. The molecule has 2 aromatic rings. The fourth-order valence-corrected chi connectivity index (χ4v) is 2.73. The maximum absolute atomic E-state index is 6.00. The van der Waals surface area contributed by atoms with E-state index in [0.29, 0.717) is 11.1 Å². The highest BCUT2D eigenvalue weighted by Crippen LogP contribution is 2.33. The van der Waals surface area contributed by atoms with Crippen molar-refractivity contribution < 1.29 is 4.74 Å². The van der Waals surface area contributed by atoms with Crippen LogP contribution in [0, 0.1) is 0 Å². The van der Waals surface area contributed by atoms with Crippen LogP contribution in [0.1, 0.15) is 18.4 Å². The van der Waals surface area contributed by atoms with Gasteiger partial charge < -0.3 is 10.1 Å². The summed E-state index contributed by atoms with van der Waals surface area (Å²) in [5.41, 5.74) is 1.17. The van der Waals surface area contributed by atoms with E-state index in [2.05, 4.69) is 27.3 Å². The van der Waals surface area contributed by atoms with E-state index in [1.165, 1.54) is 18.4 Å². The Hall–Kier alpha value is -1.03. The molecule has 1 N–H and O–H groups in total. The van der Waals surface area contributed by atoms with Crippen LogP contribution in [0.2, 0.25) is 5.02 Å². The first-order valence-corrected chi connectivity index (χ1v) is 7.83. The third kappa shape index (κ3) is 3.54. The zero-order valence-corrected chi connectivity index (χ0v) is 13.2. The summed E-state index contributed by atoms with van der Waals surface area (Å²) in [5, 5.41) is 4.20. The van der Waals surface area contributed by atoms with Crippen LogP contribution in [0.3, 0.4) is 0 Å². The molecule has 0 bridgehead atoms. The van der Waals surface area contributed by atoms with E-state index in [4.69, 9.17) is 16.3 Å². The van der Waals surface area contributed by atoms with E-state index in [-0.39, 0.29) is 0 Å². The summed E-state index contributed by atoms with van der Waals surface area (Å²) < 4.78 is 6.86. The lowest BCUT2D eigenvalue weighted by Gasteiger charge is -2.13. The van der Waals surface area contributed by atoms with Gasteiger partial charge in [0.2, 0.25) is 0 Å². The van der Waals surface area contributed by atoms with Crippen molar-refractivity contribution in [3.63, 3.8) is 0 Å². The fourth-order valence-electron chi connectivity index (χ4n) is 1.97. The highest BCUT2D eigenvalue weighted by atomic mass is 79.9. The minimum atomic E-state index is 0.685. The van der Waals surface area contributed by atoms with Gasteiger partial charge in [-0.2, -0.15) is 0 Å². The maximum atomic E-state index is 6.00. The van der Waals surface area contributed by atoms with Crippen LogP contribution >= 0.6 is 27.5 Å². The molecule has 0 amide bonds. The average Bonchev–Trinajstić information content (AvgIpc) is 3.25. The van der Waals surface area contributed by atoms with Crippen LogP contribution in [0.5, 0.6) is 11.5 Å². The van der Waals surface area contributed by atoms with Crippen molar-refractivity contribution in [3.05, 3.63) is 57.5 Å². The number of ether oxygens (including phenoxy) is 1. The summed E-state index contributed by atoms with van der Waals surface area (Å²) >= 11 is 9.42. The van der Waals surface area contributed by atoms with Gasteiger partial charge in [0.05, 0.1) is 4.47 Å². The first-order valence-electron chi connectivity index (χ1n) is 6.66. The smallest absolute Gasteiger partial charge is 0.141 e. The molecule has 1 aliphatic rings. The molecule has 4 heteroatoms. The summed E-state index contributed by atoms with van der Waals surface area (Å²) in [4.78, 5) is 0. The van der Waals surface area contributed by atoms with Crippen LogP contribution in [0.25, 0.3) is 0 Å². The molecule has 104 valence electrons. The Labute approximate surface area is 132 Å². The molecule has 2 aromatic carbocycles. The molecule has 1 aliphatic carbocycles. The number of hydrogen-bond acceptors (Lipinski definition) is 2. The fraction of sp³-hybridized carbons (Fsp3) is 0.250. The molecule has 3 rings (SSSR count). The van der Waals surface area contributed by atoms with Crippen LogP contribution in [0.15, 0.2) is 46.9 Å². The molecule has 1 fully saturated rings. The Morgan fingerprint density at radius 2 is 1.95 bits per heavy atom. The van der Waals surface area contributed by atoms with Crippen LogP contribution in [-0.4, -0.2) is 6.04 Å². The maximum Gasteiger partial charge on any atom is 0.141 e. The van der Waals surface area contributed by atoms with E-state index in [0.717, 1.165) is 22.5 Å². The molecular weight excluding hydrogens is 338 g/mol. The molecular formula is C16H15BrClNO. The highest BCUT2D eigenvalue weighted by Gasteiger charge is 2.20. The largest absolute Gasteiger partial charge is 0.456 e. The van der Waals surface area contributed by atoms with Gasteiger partial charge in [-0.1, -0.05) is 29.8 Å². The molecule has 0 spiro atoms. The second-order valence-electron chi connectivity index (χ2n) is 4.94. The van der Waals surface area contributed by atoms with Crippen LogP contribution in [0.4, 0.5) is 0 Å². The lowest BCUT2D eigenvalue weighted by atomic mass is 10.2. The quantitative estimate of drug-likeness (QED) is 0.804. The first kappa shape index (κ1) is 13.9. The van der Waals surface area contributed by atoms with Gasteiger partial charge in [-0.05, 0) is 53.0 Å². The second-order valence-corrected chi connectivity index (χ2v) is 6.23. The Bertz CT molecular complexity index is 613. The SMILES string of the molecule is Clc1ccc(Oc2ccccc2CNC2CC2)c(Br)c1. The van der Waals surface area contributed by atoms with Gasteiger partial charge in [-0.25, -0.2) is 0 Å². The standard InChI is InChI=1S/C16H15BrClNO/c17-14-9-12(18)5-8-16(14)20-15-4-2-1-3-11(15)10-19-13-6-7-13/h1-5,8-9,13,19H,6-7,10H2. The van der Waals surface area contributed by atoms with E-state index in [1.807, 2.05) is 36.4 Å². The van der Waals surface area contributed by atoms with Crippen molar-refractivity contribution in [2.24, 2.45) is 0 Å². The van der Waals surface area contributed by atoms with Gasteiger partial charge in [-0.3, -0.25) is 0 Å². The lowest BCUT2D eigenvalue weighted by Crippen LogP contribution is -2.15. The lowest BCUT2D eigenvalue weighted by molar-refractivity contribution is 0.469. The number of rotatable bonds is 5. The summed E-state index contributed by atoms with van der Waals surface area (Å²) in [6.45, 7) is 0.839. The Morgan fingerprint density at radius 3 is 2.70 bits per heavy atom. The van der Waals surface area contributed by atoms with Gasteiger partial charge in [-0.15, -0.1) is 0 Å². The molecule has 2 nitrogen and oxygen atoms in total. The molecule has 0 unspecified atom stereocenters. The van der Waals surface area contributed by atoms with Crippen molar-refractivity contribution >= 4 is 27.5 Å². The van der Waals surface area contributed by atoms with E-state index in [9.17, 15) is 0 Å². The van der Waals surface area contributed by atoms with Gasteiger partial charge in [0.1, 0.15) is 11.5 Å². The highest BCUT2D eigenvalue weighted by molar-refractivity contribution is 9.10. The molecule has 0 saturated heterocycles. The molecule has 0 heterocycles. The van der Waals surface area contributed by atoms with Crippen molar-refractivity contribution in [1.29, 1.82) is 0 Å². The monoisotopic (exact) mass is 351 g/mol. The van der Waals surface area contributed by atoms with Crippen molar-refractivity contribution in [3.8, 4) is 11.5 Å². The van der Waals surface area contributed by atoms with Crippen LogP contribution in [-0.2, 0) is 6.54 Å². The zero-order valence-electron chi connectivity index (χ0n) is 10.9. The Morgan fingerprint density at radius 1 is 1.15 bits per heavy atom. The number of halogens is 2. The molecule has 0 radical (unpaired) electrons. The number of hydrogen-bond donors (Lipinski definition) is 1. The summed E-state index contributed by atoms with van der Waals surface area (Å²) in [6, 6.07) is 14.3. The van der Waals surface area contributed by atoms with E-state index < -0.39 is 0 Å². The molecule has 20 heavy (non-hydrogen) atoms. The Balaban J connectivity index is 1.78. The Kier molecular flexibility index (Phi) is 4.29. The van der Waals surface area contributed by atoms with Crippen molar-refractivity contribution in [2.45, 2.75) is 25.4 Å². The van der Waals surface area contributed by atoms with Crippen molar-refractivity contribution in [2.75, 3.05) is 0 Å². The summed E-state index contributed by atoms with van der Waals surface area (Å²) in [6.07, 6.45) is 2.57. The third-order valence-corrected chi connectivity index (χ3v) is 4.10.